The molecule has 0 aliphatic heterocycles. The van der Waals surface area contributed by atoms with Crippen molar-refractivity contribution in [3.8, 4) is 6.07 Å². The summed E-state index contributed by atoms with van der Waals surface area (Å²) in [5, 5.41) is 12.7. The predicted octanol–water partition coefficient (Wildman–Crippen LogP) is 3.17. The summed E-state index contributed by atoms with van der Waals surface area (Å²) in [4.78, 5) is 0. The third kappa shape index (κ3) is 2.88. The Balaban J connectivity index is 2.83. The Morgan fingerprint density at radius 1 is 1.50 bits per heavy atom. The van der Waals surface area contributed by atoms with Crippen molar-refractivity contribution in [3.05, 3.63) is 33.8 Å². The summed E-state index contributed by atoms with van der Waals surface area (Å²) in [7, 11) is 0. The van der Waals surface area contributed by atoms with Gasteiger partial charge in [-0.25, -0.2) is 0 Å². The molecule has 4 heteroatoms. The van der Waals surface area contributed by atoms with Crippen LogP contribution in [-0.4, -0.2) is 6.54 Å². The van der Waals surface area contributed by atoms with Crippen molar-refractivity contribution in [3.63, 3.8) is 0 Å². The Morgan fingerprint density at radius 2 is 2.21 bits per heavy atom. The Labute approximate surface area is 93.4 Å². The lowest BCUT2D eigenvalue weighted by Gasteiger charge is -2.13. The fourth-order valence-electron chi connectivity index (χ4n) is 1.16. The molecule has 74 valence electrons. The lowest BCUT2D eigenvalue weighted by Crippen LogP contribution is -2.18. The van der Waals surface area contributed by atoms with Gasteiger partial charge in [0.1, 0.15) is 0 Å². The van der Waals surface area contributed by atoms with Crippen molar-refractivity contribution in [1.82, 2.24) is 5.32 Å². The second-order valence-electron chi connectivity index (χ2n) is 2.93. The molecule has 0 saturated heterocycles. The highest BCUT2D eigenvalue weighted by molar-refractivity contribution is 6.33. The van der Waals surface area contributed by atoms with Gasteiger partial charge in [-0.15, -0.1) is 0 Å². The first kappa shape index (κ1) is 11.3. The van der Waals surface area contributed by atoms with Crippen LogP contribution >= 0.6 is 23.2 Å². The minimum absolute atomic E-state index is 0.0286. The summed E-state index contributed by atoms with van der Waals surface area (Å²) in [6.07, 6.45) is 0. The number of halogens is 2. The van der Waals surface area contributed by atoms with E-state index in [0.29, 0.717) is 16.6 Å². The van der Waals surface area contributed by atoms with Crippen LogP contribution in [0.1, 0.15) is 18.5 Å². The first-order chi connectivity index (χ1) is 6.65. The van der Waals surface area contributed by atoms with E-state index in [9.17, 15) is 0 Å². The summed E-state index contributed by atoms with van der Waals surface area (Å²) in [5.41, 5.74) is 0.911. The van der Waals surface area contributed by atoms with Crippen LogP contribution < -0.4 is 5.32 Å². The highest BCUT2D eigenvalue weighted by Crippen LogP contribution is 2.25. The van der Waals surface area contributed by atoms with Crippen LogP contribution in [0.3, 0.4) is 0 Å². The Bertz CT molecular complexity index is 358. The fraction of sp³-hybridized carbons (Fsp3) is 0.300. The quantitative estimate of drug-likeness (QED) is 0.808. The van der Waals surface area contributed by atoms with Gasteiger partial charge in [0.25, 0.3) is 0 Å². The Kier molecular flexibility index (Phi) is 4.21. The number of nitrogens with one attached hydrogen (secondary N) is 1. The molecule has 14 heavy (non-hydrogen) atoms. The molecule has 0 fully saturated rings. The van der Waals surface area contributed by atoms with Gasteiger partial charge >= 0.3 is 0 Å². The zero-order valence-corrected chi connectivity index (χ0v) is 9.23. The summed E-state index contributed by atoms with van der Waals surface area (Å²) < 4.78 is 0. The van der Waals surface area contributed by atoms with Crippen LogP contribution in [0.4, 0.5) is 0 Å². The number of hydrogen-bond acceptors (Lipinski definition) is 2. The zero-order chi connectivity index (χ0) is 10.6. The second kappa shape index (κ2) is 5.21. The van der Waals surface area contributed by atoms with Crippen molar-refractivity contribution in [2.75, 3.05) is 6.54 Å². The van der Waals surface area contributed by atoms with Gasteiger partial charge in [0.2, 0.25) is 0 Å². The molecule has 0 bridgehead atoms. The van der Waals surface area contributed by atoms with Crippen molar-refractivity contribution in [2.45, 2.75) is 13.0 Å². The van der Waals surface area contributed by atoms with Crippen LogP contribution in [0.2, 0.25) is 10.0 Å². The lowest BCUT2D eigenvalue weighted by atomic mass is 10.1. The van der Waals surface area contributed by atoms with Gasteiger partial charge in [0.05, 0.1) is 12.6 Å². The molecule has 0 radical (unpaired) electrons. The number of nitriles is 1. The summed E-state index contributed by atoms with van der Waals surface area (Å²) in [6.45, 7) is 2.24. The Morgan fingerprint density at radius 3 is 2.86 bits per heavy atom. The SMILES string of the molecule is CC(NCC#N)c1cc(Cl)ccc1Cl. The lowest BCUT2D eigenvalue weighted by molar-refractivity contribution is 0.621. The maximum atomic E-state index is 8.41. The van der Waals surface area contributed by atoms with Crippen LogP contribution in [0, 0.1) is 11.3 Å². The molecule has 1 atom stereocenters. The van der Waals surface area contributed by atoms with Gasteiger partial charge < -0.3 is 0 Å². The van der Waals surface area contributed by atoms with E-state index >= 15 is 0 Å². The Hall–Kier alpha value is -0.750. The fourth-order valence-corrected chi connectivity index (χ4v) is 1.62. The smallest absolute Gasteiger partial charge is 0.0845 e. The third-order valence-corrected chi connectivity index (χ3v) is 2.49. The van der Waals surface area contributed by atoms with E-state index in [1.165, 1.54) is 0 Å². The molecule has 1 N–H and O–H groups in total. The van der Waals surface area contributed by atoms with Crippen LogP contribution in [0.25, 0.3) is 0 Å². The van der Waals surface area contributed by atoms with E-state index in [0.717, 1.165) is 5.56 Å². The molecular weight excluding hydrogens is 219 g/mol. The van der Waals surface area contributed by atoms with Crippen LogP contribution in [0.5, 0.6) is 0 Å². The monoisotopic (exact) mass is 228 g/mol. The van der Waals surface area contributed by atoms with E-state index in [1.807, 2.05) is 13.0 Å². The zero-order valence-electron chi connectivity index (χ0n) is 7.72. The van der Waals surface area contributed by atoms with E-state index in [2.05, 4.69) is 5.32 Å². The van der Waals surface area contributed by atoms with Gasteiger partial charge in [-0.3, -0.25) is 5.32 Å². The van der Waals surface area contributed by atoms with E-state index in [1.54, 1.807) is 18.2 Å². The summed E-state index contributed by atoms with van der Waals surface area (Å²) >= 11 is 11.8. The normalized spacial score (nSPS) is 12.1. The van der Waals surface area contributed by atoms with Crippen molar-refractivity contribution in [1.29, 1.82) is 5.26 Å². The van der Waals surface area contributed by atoms with Crippen LogP contribution in [-0.2, 0) is 0 Å². The molecule has 1 rings (SSSR count). The predicted molar refractivity (Wildman–Crippen MR) is 58.5 cm³/mol. The summed E-state index contributed by atoms with van der Waals surface area (Å²) in [6, 6.07) is 7.34. The van der Waals surface area contributed by atoms with Crippen LogP contribution in [0.15, 0.2) is 18.2 Å². The molecule has 1 unspecified atom stereocenters. The van der Waals surface area contributed by atoms with Crippen molar-refractivity contribution in [2.24, 2.45) is 0 Å². The average molecular weight is 229 g/mol. The minimum Gasteiger partial charge on any atom is -0.298 e. The average Bonchev–Trinajstić information content (AvgIpc) is 2.18. The second-order valence-corrected chi connectivity index (χ2v) is 3.77. The van der Waals surface area contributed by atoms with Crippen molar-refractivity contribution >= 4 is 23.2 Å². The minimum atomic E-state index is 0.0286. The highest BCUT2D eigenvalue weighted by atomic mass is 35.5. The molecular formula is C10H10Cl2N2. The first-order valence-electron chi connectivity index (χ1n) is 4.20. The standard InChI is InChI=1S/C10H10Cl2N2/c1-7(14-5-4-13)9-6-8(11)2-3-10(9)12/h2-3,6-7,14H,5H2,1H3. The van der Waals surface area contributed by atoms with Crippen molar-refractivity contribution < 1.29 is 0 Å². The number of hydrogen-bond donors (Lipinski definition) is 1. The molecule has 1 aromatic carbocycles. The molecule has 0 heterocycles. The van der Waals surface area contributed by atoms with Gasteiger partial charge in [-0.05, 0) is 30.7 Å². The highest BCUT2D eigenvalue weighted by Gasteiger charge is 2.08. The maximum absolute atomic E-state index is 8.41. The molecule has 2 nitrogen and oxygen atoms in total. The molecule has 0 aromatic heterocycles. The number of benzene rings is 1. The maximum Gasteiger partial charge on any atom is 0.0845 e. The number of nitrogens with zero attached hydrogens (tertiary/aromatic N) is 1. The molecule has 0 aliphatic carbocycles. The van der Waals surface area contributed by atoms with Gasteiger partial charge in [-0.2, -0.15) is 5.26 Å². The molecule has 0 aliphatic rings. The number of rotatable bonds is 3. The van der Waals surface area contributed by atoms with E-state index in [-0.39, 0.29) is 6.04 Å². The molecule has 0 amide bonds. The van der Waals surface area contributed by atoms with E-state index < -0.39 is 0 Å². The first-order valence-corrected chi connectivity index (χ1v) is 4.96. The van der Waals surface area contributed by atoms with E-state index in [4.69, 9.17) is 28.5 Å². The molecule has 1 aromatic rings. The topological polar surface area (TPSA) is 35.8 Å². The third-order valence-electron chi connectivity index (χ3n) is 1.91. The largest absolute Gasteiger partial charge is 0.298 e. The van der Waals surface area contributed by atoms with Gasteiger partial charge in [0, 0.05) is 16.1 Å². The summed E-state index contributed by atoms with van der Waals surface area (Å²) in [5.74, 6) is 0. The molecule has 0 saturated carbocycles. The van der Waals surface area contributed by atoms with Gasteiger partial charge in [-0.1, -0.05) is 23.2 Å². The molecule has 0 spiro atoms. The van der Waals surface area contributed by atoms with Gasteiger partial charge in [0.15, 0.2) is 0 Å².